The summed E-state index contributed by atoms with van der Waals surface area (Å²) in [6, 6.07) is 73.2. The van der Waals surface area contributed by atoms with Gasteiger partial charge in [-0.05, 0) is 180 Å². The van der Waals surface area contributed by atoms with Crippen molar-refractivity contribution in [1.29, 1.82) is 0 Å². The van der Waals surface area contributed by atoms with Crippen molar-refractivity contribution in [2.45, 2.75) is 172 Å². The Hall–Kier alpha value is -9.16. The van der Waals surface area contributed by atoms with Crippen molar-refractivity contribution >= 4 is 66.6 Å². The van der Waals surface area contributed by atoms with Crippen LogP contribution in [-0.4, -0.2) is 63.5 Å². The van der Waals surface area contributed by atoms with Gasteiger partial charge in [0.05, 0.1) is 39.6 Å². The van der Waals surface area contributed by atoms with E-state index >= 15 is 0 Å². The molecule has 0 saturated carbocycles. The summed E-state index contributed by atoms with van der Waals surface area (Å²) in [5, 5.41) is 40.0. The van der Waals surface area contributed by atoms with Gasteiger partial charge in [-0.15, -0.1) is 140 Å². The second kappa shape index (κ2) is 50.2. The van der Waals surface area contributed by atoms with E-state index in [-0.39, 0.29) is 127 Å². The minimum absolute atomic E-state index is 0. The number of aromatic nitrogens is 4. The zero-order valence-electron chi connectivity index (χ0n) is 69.8. The van der Waals surface area contributed by atoms with Gasteiger partial charge in [0, 0.05) is 110 Å². The summed E-state index contributed by atoms with van der Waals surface area (Å²) < 4.78 is 0. The molecule has 0 aliphatic heterocycles. The first-order valence-corrected chi connectivity index (χ1v) is 36.8. The molecule has 0 bridgehead atoms. The first kappa shape index (κ1) is 103. The summed E-state index contributed by atoms with van der Waals surface area (Å²) in [5.41, 5.74) is 25.9. The smallest absolute Gasteiger partial charge is 0.158 e. The molecule has 4 radical (unpaired) electrons. The molecular weight excluding hydrogens is 2130 g/mol. The monoisotopic (exact) mass is 2240 g/mol. The molecule has 0 atom stereocenters. The number of hydrogen-bond donors (Lipinski definition) is 4. The number of carbonyl (C=O) groups excluding carboxylic acids is 4. The molecule has 4 N–H and O–H groups in total. The van der Waals surface area contributed by atoms with E-state index < -0.39 is 0 Å². The predicted octanol–water partition coefficient (Wildman–Crippen LogP) is 24.8. The van der Waals surface area contributed by atoms with Crippen LogP contribution in [0.4, 0.5) is 0 Å². The molecule has 4 aromatic heterocycles. The Balaban J connectivity index is 0.000000674. The SMILES string of the molecule is CC(=O)C(C)=C(C)O.CC(=O)C(C)=C(C)O.CC(=O)C=C(C)O.CC(=O)C=C(C)O.Cc1[c-]c(-c2ccc3ccc(CC(C)C)cc3n2)cc(C)c1.Cc1[c-]c(-c2ccc3ccccc3n2)cc(C)c1.Cc1[c-]c(-c2nc3ccccc3cc2C)cc(C)c1.Cc1[c-]c(-c2nccc3ccc(C(C)C)cc23)cc(C)c1.[Ir].[Ir].[Ir].[Ir]. The van der Waals surface area contributed by atoms with Gasteiger partial charge < -0.3 is 25.4 Å². The van der Waals surface area contributed by atoms with Crippen molar-refractivity contribution in [3.63, 3.8) is 0 Å². The van der Waals surface area contributed by atoms with Gasteiger partial charge in [0.15, 0.2) is 23.1 Å². The molecular formula is C98H108Ir4N4O8-4. The Bertz CT molecular complexity index is 5230. The van der Waals surface area contributed by atoms with Crippen molar-refractivity contribution in [2.24, 2.45) is 5.92 Å². The third-order valence-electron chi connectivity index (χ3n) is 17.0. The van der Waals surface area contributed by atoms with Crippen LogP contribution in [-0.2, 0) is 106 Å². The van der Waals surface area contributed by atoms with E-state index in [4.69, 9.17) is 35.4 Å². The number of aliphatic hydroxyl groups is 4. The molecule has 0 unspecified atom stereocenters. The number of pyridine rings is 4. The molecule has 0 amide bonds. The molecule has 12 aromatic rings. The van der Waals surface area contributed by atoms with Crippen LogP contribution in [0, 0.1) is 92.5 Å². The van der Waals surface area contributed by atoms with Crippen molar-refractivity contribution in [3.05, 3.63) is 308 Å². The molecule has 12 nitrogen and oxygen atoms in total. The number of aryl methyl sites for hydroxylation is 9. The van der Waals surface area contributed by atoms with E-state index in [0.717, 1.165) is 90.3 Å². The van der Waals surface area contributed by atoms with E-state index in [1.807, 2.05) is 36.5 Å². The number of benzene rings is 8. The number of fused-ring (bicyclic) bond motifs is 4. The zero-order valence-corrected chi connectivity index (χ0v) is 79.4. The summed E-state index contributed by atoms with van der Waals surface area (Å²) in [6.07, 6.45) is 5.32. The number of carbonyl (C=O) groups is 4. The van der Waals surface area contributed by atoms with Crippen LogP contribution in [0.5, 0.6) is 0 Å². The van der Waals surface area contributed by atoms with Crippen LogP contribution < -0.4 is 0 Å². The fraction of sp³-hybridized carbons (Fsp3) is 0.265. The molecule has 0 spiro atoms. The molecule has 12 rings (SSSR count). The molecule has 0 fully saturated rings. The van der Waals surface area contributed by atoms with Crippen LogP contribution in [0.1, 0.15) is 164 Å². The number of hydrogen-bond acceptors (Lipinski definition) is 12. The number of rotatable bonds is 11. The van der Waals surface area contributed by atoms with Crippen LogP contribution in [0.25, 0.3) is 88.5 Å². The van der Waals surface area contributed by atoms with Crippen molar-refractivity contribution in [1.82, 2.24) is 19.9 Å². The van der Waals surface area contributed by atoms with Gasteiger partial charge in [0.1, 0.15) is 0 Å². The Kier molecular flexibility index (Phi) is 45.3. The summed E-state index contributed by atoms with van der Waals surface area (Å²) in [6.45, 7) is 42.5. The normalized spacial score (nSPS) is 11.0. The number of Topliss-reactive ketones (excluding diaryl/α,β-unsaturated/α-hetero) is 2. The molecule has 8 aromatic carbocycles. The maximum atomic E-state index is 10.4. The average Bonchev–Trinajstić information content (AvgIpc) is 0.864. The minimum atomic E-state index is -0.125. The summed E-state index contributed by atoms with van der Waals surface area (Å²) >= 11 is 0. The van der Waals surface area contributed by atoms with Gasteiger partial charge in [-0.1, -0.05) is 186 Å². The first-order chi connectivity index (χ1) is 51.8. The number of para-hydroxylation sites is 2. The van der Waals surface area contributed by atoms with E-state index in [0.29, 0.717) is 23.0 Å². The Morgan fingerprint density at radius 3 is 1.15 bits per heavy atom. The van der Waals surface area contributed by atoms with Crippen molar-refractivity contribution in [2.75, 3.05) is 0 Å². The maximum Gasteiger partial charge on any atom is 0.158 e. The fourth-order valence-electron chi connectivity index (χ4n) is 11.6. The molecule has 0 saturated heterocycles. The minimum Gasteiger partial charge on any atom is -0.512 e. The van der Waals surface area contributed by atoms with Crippen LogP contribution in [0.3, 0.4) is 0 Å². The van der Waals surface area contributed by atoms with Crippen molar-refractivity contribution < 1.29 is 120 Å². The van der Waals surface area contributed by atoms with Crippen LogP contribution in [0.2, 0.25) is 0 Å². The predicted molar refractivity (Wildman–Crippen MR) is 457 cm³/mol. The summed E-state index contributed by atoms with van der Waals surface area (Å²) in [4.78, 5) is 59.8. The van der Waals surface area contributed by atoms with E-state index in [9.17, 15) is 19.2 Å². The Labute approximate surface area is 730 Å². The van der Waals surface area contributed by atoms with Gasteiger partial charge in [0.25, 0.3) is 0 Å². The first-order valence-electron chi connectivity index (χ1n) is 36.8. The second-order valence-corrected chi connectivity index (χ2v) is 28.7. The fourth-order valence-corrected chi connectivity index (χ4v) is 11.6. The van der Waals surface area contributed by atoms with Crippen LogP contribution >= 0.6 is 0 Å². The van der Waals surface area contributed by atoms with Gasteiger partial charge >= 0.3 is 0 Å². The number of ketones is 4. The second-order valence-electron chi connectivity index (χ2n) is 28.7. The van der Waals surface area contributed by atoms with Gasteiger partial charge in [-0.25, -0.2) is 0 Å². The molecule has 16 heteroatoms. The van der Waals surface area contributed by atoms with Crippen LogP contribution in [0.15, 0.2) is 222 Å². The van der Waals surface area contributed by atoms with E-state index in [1.165, 1.54) is 133 Å². The summed E-state index contributed by atoms with van der Waals surface area (Å²) in [7, 11) is 0. The molecule has 4 heterocycles. The van der Waals surface area contributed by atoms with Gasteiger partial charge in [0.2, 0.25) is 0 Å². The number of aliphatic hydroxyl groups excluding tert-OH is 4. The molecule has 0 aliphatic carbocycles. The third-order valence-corrected chi connectivity index (χ3v) is 17.0. The van der Waals surface area contributed by atoms with Gasteiger partial charge in [-0.2, -0.15) is 0 Å². The van der Waals surface area contributed by atoms with E-state index in [1.54, 1.807) is 13.8 Å². The Morgan fingerprint density at radius 1 is 0.386 bits per heavy atom. The third kappa shape index (κ3) is 34.9. The quantitative estimate of drug-likeness (QED) is 0.0543. The van der Waals surface area contributed by atoms with Crippen molar-refractivity contribution in [3.8, 4) is 45.0 Å². The zero-order chi connectivity index (χ0) is 81.8. The average molecular weight is 2240 g/mol. The maximum absolute atomic E-state index is 10.4. The molecule has 0 aliphatic rings. The van der Waals surface area contributed by atoms with Gasteiger partial charge in [-0.3, -0.25) is 34.1 Å². The molecule has 608 valence electrons. The topological polar surface area (TPSA) is 201 Å². The largest absolute Gasteiger partial charge is 0.512 e. The Morgan fingerprint density at radius 2 is 0.763 bits per heavy atom. The molecule has 114 heavy (non-hydrogen) atoms. The number of nitrogens with zero attached hydrogens (tertiary/aromatic N) is 4. The summed E-state index contributed by atoms with van der Waals surface area (Å²) in [5.74, 6) is 1.11. The van der Waals surface area contributed by atoms with E-state index in [2.05, 4.69) is 259 Å². The standard InChI is InChI=1S/C21H22N.C20H20N.C18H16N.C17H14N.2C6H10O2.2C5H8O2.4Ir/c1-14(2)9-17-5-6-18-7-8-20(22-21(18)13-17)19-11-15(3)10-16(4)12-19;1-13(2)17-6-5-16-7-8-21-20(19(16)12-17)18-10-14(3)9-15(4)11-18;1-12-8-13(2)10-16(9-12)18-14(3)11-15-6-4-5-7-17(15)19-18;1-12-9-13(2)11-15(10-12)17-8-7-14-5-3-4-6-16(14)18-17;2*1-4(5(2)7)6(3)8;2*1-4(6)3-5(2)7;;;;/h5-8,10-11,13-14H,9H2,1-4H3;5-10,12-13H,1-4H3;4-9,11H,1-3H3;3-10H,1-2H3;2*7H,1-3H3;2*3,6H,1-2H3;;;;/q4*-1;;;;;;;;. The number of allylic oxidation sites excluding steroid dienone is 8.